The molecule has 35 heavy (non-hydrogen) atoms. The third kappa shape index (κ3) is 7.53. The summed E-state index contributed by atoms with van der Waals surface area (Å²) >= 11 is 0. The second kappa shape index (κ2) is 10.7. The van der Waals surface area contributed by atoms with Crippen molar-refractivity contribution < 1.29 is 18.0 Å². The number of carbonyl (C=O) groups excluding carboxylic acids is 1. The van der Waals surface area contributed by atoms with E-state index in [0.29, 0.717) is 31.8 Å². The highest BCUT2D eigenvalue weighted by Gasteiger charge is 2.42. The van der Waals surface area contributed by atoms with Crippen molar-refractivity contribution in [2.24, 2.45) is 11.3 Å². The van der Waals surface area contributed by atoms with E-state index in [4.69, 9.17) is 0 Å². The second-order valence-corrected chi connectivity index (χ2v) is 11.1. The molecule has 0 spiro atoms. The smallest absolute Gasteiger partial charge is 0.326 e. The van der Waals surface area contributed by atoms with Gasteiger partial charge in [0.1, 0.15) is 18.2 Å². The molecule has 1 fully saturated rings. The van der Waals surface area contributed by atoms with E-state index in [9.17, 15) is 18.0 Å². The van der Waals surface area contributed by atoms with E-state index < -0.39 is 24.6 Å². The van der Waals surface area contributed by atoms with E-state index in [2.05, 4.69) is 42.4 Å². The fourth-order valence-electron chi connectivity index (χ4n) is 4.84. The van der Waals surface area contributed by atoms with Crippen molar-refractivity contribution in [2.45, 2.75) is 78.9 Å². The molecule has 2 aliphatic rings. The van der Waals surface area contributed by atoms with Gasteiger partial charge in [-0.3, -0.25) is 4.79 Å². The van der Waals surface area contributed by atoms with Crippen molar-refractivity contribution in [2.75, 3.05) is 20.1 Å². The molecular weight excluding hydrogens is 455 g/mol. The fourth-order valence-corrected chi connectivity index (χ4v) is 4.84. The van der Waals surface area contributed by atoms with Gasteiger partial charge in [-0.1, -0.05) is 44.6 Å². The Balaban J connectivity index is 1.85. The zero-order chi connectivity index (χ0) is 26.0. The molecule has 1 saturated heterocycles. The van der Waals surface area contributed by atoms with Crippen LogP contribution in [0.5, 0.6) is 0 Å². The molecule has 9 heteroatoms. The van der Waals surface area contributed by atoms with Crippen LogP contribution in [-0.2, 0) is 17.8 Å². The average Bonchev–Trinajstić information content (AvgIpc) is 3.23. The summed E-state index contributed by atoms with van der Waals surface area (Å²) in [6.07, 6.45) is 4.38. The Morgan fingerprint density at radius 1 is 1.14 bits per heavy atom. The Labute approximate surface area is 206 Å². The van der Waals surface area contributed by atoms with Crippen LogP contribution in [-0.4, -0.2) is 51.9 Å². The Morgan fingerprint density at radius 2 is 1.86 bits per heavy atom. The minimum Gasteiger partial charge on any atom is -0.326 e. The first-order chi connectivity index (χ1) is 16.2. The number of nitrogens with one attached hydrogen (secondary N) is 1. The van der Waals surface area contributed by atoms with E-state index in [-0.39, 0.29) is 17.1 Å². The van der Waals surface area contributed by atoms with E-state index in [0.717, 1.165) is 29.7 Å². The van der Waals surface area contributed by atoms with Gasteiger partial charge in [0.25, 0.3) is 0 Å². The fraction of sp³-hybridized carbons (Fsp3) is 0.654. The van der Waals surface area contributed by atoms with Crippen LogP contribution in [0, 0.1) is 11.3 Å². The zero-order valence-electron chi connectivity index (χ0n) is 21.7. The molecule has 1 aliphatic heterocycles. The first-order valence-electron chi connectivity index (χ1n) is 12.3. The maximum absolute atomic E-state index is 13.5. The van der Waals surface area contributed by atoms with E-state index >= 15 is 0 Å². The number of halogens is 3. The lowest BCUT2D eigenvalue weighted by molar-refractivity contribution is -0.141. The van der Waals surface area contributed by atoms with E-state index in [1.54, 1.807) is 0 Å². The highest BCUT2D eigenvalue weighted by molar-refractivity contribution is 5.82. The summed E-state index contributed by atoms with van der Waals surface area (Å²) in [7, 11) is 1.87. The number of hydrogen-bond donors (Lipinski definition) is 1. The minimum atomic E-state index is -4.41. The Morgan fingerprint density at radius 3 is 2.51 bits per heavy atom. The normalized spacial score (nSPS) is 21.9. The number of aryl methyl sites for hydroxylation is 1. The van der Waals surface area contributed by atoms with Crippen molar-refractivity contribution in [3.8, 4) is 0 Å². The summed E-state index contributed by atoms with van der Waals surface area (Å²) < 4.78 is 41.8. The van der Waals surface area contributed by atoms with Crippen LogP contribution >= 0.6 is 0 Å². The van der Waals surface area contributed by atoms with E-state index in [1.165, 1.54) is 4.57 Å². The van der Waals surface area contributed by atoms with Gasteiger partial charge < -0.3 is 14.8 Å². The van der Waals surface area contributed by atoms with Gasteiger partial charge in [-0.05, 0) is 51.1 Å². The molecule has 0 bridgehead atoms. The number of rotatable bonds is 7. The molecule has 3 rings (SSSR count). The molecule has 1 amide bonds. The Hall–Kier alpha value is -2.42. The molecule has 1 aliphatic carbocycles. The lowest BCUT2D eigenvalue weighted by Gasteiger charge is -2.21. The molecule has 1 aromatic rings. The highest BCUT2D eigenvalue weighted by atomic mass is 19.4. The first-order valence-corrected chi connectivity index (χ1v) is 12.3. The number of carbonyl (C=O) groups is 1. The van der Waals surface area contributed by atoms with Crippen LogP contribution in [0.25, 0.3) is 0 Å². The van der Waals surface area contributed by atoms with Crippen LogP contribution < -0.4 is 5.32 Å². The van der Waals surface area contributed by atoms with Crippen LogP contribution in [0.15, 0.2) is 35.1 Å². The van der Waals surface area contributed by atoms with Gasteiger partial charge in [-0.2, -0.15) is 13.2 Å². The number of allylic oxidation sites excluding steroid dienone is 5. The summed E-state index contributed by atoms with van der Waals surface area (Å²) in [5, 5.41) is 11.4. The molecule has 0 saturated carbocycles. The van der Waals surface area contributed by atoms with Crippen molar-refractivity contribution in [1.29, 1.82) is 0 Å². The summed E-state index contributed by atoms with van der Waals surface area (Å²) in [6.45, 7) is 10.0. The van der Waals surface area contributed by atoms with Gasteiger partial charge in [0, 0.05) is 31.1 Å². The molecule has 1 N–H and O–H groups in total. The third-order valence-electron chi connectivity index (χ3n) is 6.58. The first kappa shape index (κ1) is 27.2. The Kier molecular flexibility index (Phi) is 8.29. The zero-order valence-corrected chi connectivity index (χ0v) is 21.7. The SMILES string of the molecule is CC1=CCC=C(NC(=O)C2CN(C)C[C@@H]2c2nnc(CCCC(C)(C)C)n2CC(F)(F)F)C(C)=C1. The number of likely N-dealkylation sites (tertiary alicyclic amines) is 1. The molecule has 1 unspecified atom stereocenters. The number of nitrogens with zero attached hydrogens (tertiary/aromatic N) is 4. The molecular formula is C26H38F3N5O. The number of alkyl halides is 3. The standard InChI is InChI=1S/C26H38F3N5O/c1-17-9-7-10-21(18(2)13-17)30-24(35)20-15-33(6)14-19(20)23-32-31-22(11-8-12-25(3,4)5)34(23)16-26(27,28)29/h9-10,13,19-20H,7-8,11-12,14-16H2,1-6H3,(H,30,35)/t19-,20?/m0/s1. The topological polar surface area (TPSA) is 63.1 Å². The van der Waals surface area contributed by atoms with Gasteiger partial charge >= 0.3 is 6.18 Å². The summed E-state index contributed by atoms with van der Waals surface area (Å²) in [5.41, 5.74) is 2.91. The molecule has 0 aromatic carbocycles. The molecule has 1 aromatic heterocycles. The molecule has 6 nitrogen and oxygen atoms in total. The molecule has 2 atom stereocenters. The maximum Gasteiger partial charge on any atom is 0.406 e. The Bertz CT molecular complexity index is 1010. The number of aromatic nitrogens is 3. The highest BCUT2D eigenvalue weighted by Crippen LogP contribution is 2.34. The third-order valence-corrected chi connectivity index (χ3v) is 6.58. The quantitative estimate of drug-likeness (QED) is 0.571. The minimum absolute atomic E-state index is 0.0857. The van der Waals surface area contributed by atoms with Gasteiger partial charge in [-0.15, -0.1) is 10.2 Å². The predicted molar refractivity (Wildman–Crippen MR) is 131 cm³/mol. The van der Waals surface area contributed by atoms with Crippen molar-refractivity contribution >= 4 is 5.91 Å². The van der Waals surface area contributed by atoms with Gasteiger partial charge in [0.15, 0.2) is 0 Å². The predicted octanol–water partition coefficient (Wildman–Crippen LogP) is 5.15. The van der Waals surface area contributed by atoms with Crippen molar-refractivity contribution in [1.82, 2.24) is 25.0 Å². The maximum atomic E-state index is 13.5. The summed E-state index contributed by atoms with van der Waals surface area (Å²) in [4.78, 5) is 15.3. The van der Waals surface area contributed by atoms with Gasteiger partial charge in [-0.25, -0.2) is 0 Å². The number of hydrogen-bond acceptors (Lipinski definition) is 4. The van der Waals surface area contributed by atoms with E-state index in [1.807, 2.05) is 37.9 Å². The van der Waals surface area contributed by atoms with Crippen LogP contribution in [0.2, 0.25) is 0 Å². The number of likely N-dealkylation sites (N-methyl/N-ethyl adjacent to an activating group) is 1. The van der Waals surface area contributed by atoms with Gasteiger partial charge in [0.05, 0.1) is 5.92 Å². The summed E-state index contributed by atoms with van der Waals surface area (Å²) in [6, 6.07) is 0. The average molecular weight is 494 g/mol. The van der Waals surface area contributed by atoms with Crippen LogP contribution in [0.3, 0.4) is 0 Å². The molecule has 2 heterocycles. The summed E-state index contributed by atoms with van der Waals surface area (Å²) in [5.74, 6) is -0.612. The van der Waals surface area contributed by atoms with Crippen molar-refractivity contribution in [3.05, 3.63) is 46.7 Å². The van der Waals surface area contributed by atoms with Crippen molar-refractivity contribution in [3.63, 3.8) is 0 Å². The molecule has 194 valence electrons. The second-order valence-electron chi connectivity index (χ2n) is 11.1. The lowest BCUT2D eigenvalue weighted by atomic mass is 9.90. The largest absolute Gasteiger partial charge is 0.406 e. The van der Waals surface area contributed by atoms with Crippen LogP contribution in [0.1, 0.15) is 71.4 Å². The van der Waals surface area contributed by atoms with Gasteiger partial charge in [0.2, 0.25) is 5.91 Å². The molecule has 0 radical (unpaired) electrons. The monoisotopic (exact) mass is 493 g/mol. The number of amides is 1. The van der Waals surface area contributed by atoms with Crippen LogP contribution in [0.4, 0.5) is 13.2 Å². The lowest BCUT2D eigenvalue weighted by Crippen LogP contribution is -2.35.